The van der Waals surface area contributed by atoms with E-state index in [0.717, 1.165) is 24.5 Å². The monoisotopic (exact) mass is 206 g/mol. The molecule has 0 aromatic carbocycles. The van der Waals surface area contributed by atoms with Gasteiger partial charge in [-0.2, -0.15) is 0 Å². The minimum atomic E-state index is -3.70. The zero-order chi connectivity index (χ0) is 9.99. The predicted octanol–water partition coefficient (Wildman–Crippen LogP) is 2.81. The van der Waals surface area contributed by atoms with Crippen LogP contribution in [0.3, 0.4) is 0 Å². The van der Waals surface area contributed by atoms with Crippen LogP contribution in [0, 0.1) is 0 Å². The molecular weight excluding hydrogens is 194 g/mol. The Morgan fingerprint density at radius 2 is 1.42 bits per heavy atom. The molecule has 12 heavy (non-hydrogen) atoms. The lowest BCUT2D eigenvalue weighted by Crippen LogP contribution is -2.48. The van der Waals surface area contributed by atoms with Crippen molar-refractivity contribution in [3.63, 3.8) is 0 Å². The van der Waals surface area contributed by atoms with Crippen molar-refractivity contribution in [2.45, 2.75) is 13.1 Å². The molecule has 0 aliphatic rings. The fourth-order valence-corrected chi connectivity index (χ4v) is 5.47. The van der Waals surface area contributed by atoms with Crippen LogP contribution in [0.2, 0.25) is 13.1 Å². The van der Waals surface area contributed by atoms with Crippen molar-refractivity contribution in [2.75, 3.05) is 0 Å². The van der Waals surface area contributed by atoms with E-state index in [1.807, 2.05) is 0 Å². The summed E-state index contributed by atoms with van der Waals surface area (Å²) in [4.78, 5) is 11.2. The lowest BCUT2D eigenvalue weighted by molar-refractivity contribution is 0.269. The van der Waals surface area contributed by atoms with Crippen LogP contribution in [0.25, 0.3) is 0 Å². The zero-order valence-electron chi connectivity index (χ0n) is 7.23. The Kier molecular flexibility index (Phi) is 3.28. The molecule has 0 aromatic heterocycles. The van der Waals surface area contributed by atoms with Crippen molar-refractivity contribution in [1.82, 2.24) is 0 Å². The molecule has 0 bridgehead atoms. The summed E-state index contributed by atoms with van der Waals surface area (Å²) in [5, 5.41) is -0.903. The summed E-state index contributed by atoms with van der Waals surface area (Å²) in [5.41, 5.74) is 1.90. The standard InChI is InChI=1S/C7H12F2OSi2/c1-5-11(3,8)7(10)12(4,9)6-2/h5-6H,1-2H2,3-4H3. The van der Waals surface area contributed by atoms with Crippen LogP contribution in [0.1, 0.15) is 0 Å². The average Bonchev–Trinajstić information content (AvgIpc) is 2.03. The quantitative estimate of drug-likeness (QED) is 0.510. The molecule has 0 fully saturated rings. The Hall–Kier alpha value is -0.556. The van der Waals surface area contributed by atoms with Crippen molar-refractivity contribution in [3.05, 3.63) is 24.6 Å². The van der Waals surface area contributed by atoms with E-state index in [2.05, 4.69) is 13.2 Å². The van der Waals surface area contributed by atoms with Gasteiger partial charge < -0.3 is 4.79 Å². The highest BCUT2D eigenvalue weighted by Gasteiger charge is 2.47. The number of carbonyl (C=O) groups is 1. The topological polar surface area (TPSA) is 17.1 Å². The number of halogens is 2. The third-order valence-corrected chi connectivity index (χ3v) is 7.90. The van der Waals surface area contributed by atoms with Gasteiger partial charge in [0.15, 0.2) is 5.03 Å². The van der Waals surface area contributed by atoms with Crippen molar-refractivity contribution in [1.29, 1.82) is 0 Å². The van der Waals surface area contributed by atoms with Crippen LogP contribution in [0.4, 0.5) is 13.0 Å². The average molecular weight is 206 g/mol. The highest BCUT2D eigenvalue weighted by molar-refractivity contribution is 7.31. The van der Waals surface area contributed by atoms with E-state index in [1.54, 1.807) is 0 Å². The van der Waals surface area contributed by atoms with E-state index < -0.39 is 21.8 Å². The molecule has 0 aliphatic heterocycles. The molecule has 0 radical (unpaired) electrons. The molecule has 0 aromatic rings. The van der Waals surface area contributed by atoms with Crippen molar-refractivity contribution < 1.29 is 13.0 Å². The van der Waals surface area contributed by atoms with Crippen molar-refractivity contribution >= 4 is 21.8 Å². The molecule has 0 saturated heterocycles. The Morgan fingerprint density at radius 1 is 1.17 bits per heavy atom. The lowest BCUT2D eigenvalue weighted by Gasteiger charge is -2.17. The lowest BCUT2D eigenvalue weighted by atomic mass is 11.3. The van der Waals surface area contributed by atoms with Crippen molar-refractivity contribution in [2.24, 2.45) is 0 Å². The van der Waals surface area contributed by atoms with Gasteiger partial charge in [0.1, 0.15) is 0 Å². The van der Waals surface area contributed by atoms with Crippen LogP contribution >= 0.6 is 0 Å². The fraction of sp³-hybridized carbons (Fsp3) is 0.286. The molecular formula is C7H12F2OSi2. The molecule has 0 aliphatic carbocycles. The van der Waals surface area contributed by atoms with Gasteiger partial charge in [-0.15, -0.1) is 13.2 Å². The van der Waals surface area contributed by atoms with Crippen LogP contribution in [0.5, 0.6) is 0 Å². The first-order valence-corrected chi connectivity index (χ1v) is 8.39. The Morgan fingerprint density at radius 3 is 1.58 bits per heavy atom. The van der Waals surface area contributed by atoms with Crippen LogP contribution in [-0.4, -0.2) is 21.8 Å². The molecule has 0 heterocycles. The highest BCUT2D eigenvalue weighted by atomic mass is 28.4. The number of rotatable bonds is 4. The number of carbonyl (C=O) groups excluding carboxylic acids is 1. The molecule has 0 rings (SSSR count). The second kappa shape index (κ2) is 3.44. The molecule has 2 atom stereocenters. The van der Waals surface area contributed by atoms with Gasteiger partial charge in [0, 0.05) is 0 Å². The maximum atomic E-state index is 13.3. The maximum Gasteiger partial charge on any atom is 0.334 e. The van der Waals surface area contributed by atoms with E-state index in [-0.39, 0.29) is 0 Å². The first-order valence-electron chi connectivity index (χ1n) is 3.48. The molecule has 0 N–H and O–H groups in total. The normalized spacial score (nSPS) is 20.3. The van der Waals surface area contributed by atoms with Crippen LogP contribution in [0.15, 0.2) is 24.6 Å². The highest BCUT2D eigenvalue weighted by Crippen LogP contribution is 2.19. The molecule has 0 saturated carbocycles. The second-order valence-electron chi connectivity index (χ2n) is 2.89. The van der Waals surface area contributed by atoms with Gasteiger partial charge >= 0.3 is 16.8 Å². The summed E-state index contributed by atoms with van der Waals surface area (Å²) in [6.45, 7) is 8.65. The maximum absolute atomic E-state index is 13.3. The molecule has 2 unspecified atom stereocenters. The first-order chi connectivity index (χ1) is 5.28. The van der Waals surface area contributed by atoms with Gasteiger partial charge in [-0.3, -0.25) is 8.22 Å². The summed E-state index contributed by atoms with van der Waals surface area (Å²) in [7, 11) is -7.39. The third-order valence-electron chi connectivity index (χ3n) is 1.65. The van der Waals surface area contributed by atoms with E-state index in [4.69, 9.17) is 0 Å². The Balaban J connectivity index is 4.83. The second-order valence-corrected chi connectivity index (χ2v) is 9.42. The van der Waals surface area contributed by atoms with Gasteiger partial charge in [-0.05, 0) is 13.1 Å². The number of hydrogen-bond acceptors (Lipinski definition) is 1. The smallest absolute Gasteiger partial charge is 0.303 e. The minimum Gasteiger partial charge on any atom is -0.303 e. The third kappa shape index (κ3) is 2.21. The number of hydrogen-bond donors (Lipinski definition) is 0. The summed E-state index contributed by atoms with van der Waals surface area (Å²) in [6.07, 6.45) is 0. The minimum absolute atomic E-state index is 0.903. The zero-order valence-corrected chi connectivity index (χ0v) is 9.23. The molecule has 5 heteroatoms. The first kappa shape index (κ1) is 11.4. The van der Waals surface area contributed by atoms with E-state index in [1.165, 1.54) is 0 Å². The fourth-order valence-electron chi connectivity index (χ4n) is 0.663. The van der Waals surface area contributed by atoms with Gasteiger partial charge in [0.05, 0.1) is 0 Å². The van der Waals surface area contributed by atoms with Gasteiger partial charge in [0.25, 0.3) is 0 Å². The van der Waals surface area contributed by atoms with Gasteiger partial charge in [-0.1, -0.05) is 11.4 Å². The van der Waals surface area contributed by atoms with Crippen molar-refractivity contribution in [3.8, 4) is 0 Å². The van der Waals surface area contributed by atoms with Crippen LogP contribution in [-0.2, 0) is 0 Å². The van der Waals surface area contributed by atoms with E-state index in [9.17, 15) is 13.0 Å². The summed E-state index contributed by atoms with van der Waals surface area (Å²) >= 11 is 0. The molecule has 0 spiro atoms. The summed E-state index contributed by atoms with van der Waals surface area (Å²) in [6, 6.07) is 0. The summed E-state index contributed by atoms with van der Waals surface area (Å²) < 4.78 is 26.6. The van der Waals surface area contributed by atoms with Crippen LogP contribution < -0.4 is 0 Å². The van der Waals surface area contributed by atoms with Gasteiger partial charge in [-0.25, -0.2) is 0 Å². The Labute approximate surface area is 73.2 Å². The van der Waals surface area contributed by atoms with E-state index >= 15 is 0 Å². The molecule has 68 valence electrons. The van der Waals surface area contributed by atoms with Gasteiger partial charge in [0.2, 0.25) is 0 Å². The predicted molar refractivity (Wildman–Crippen MR) is 51.2 cm³/mol. The van der Waals surface area contributed by atoms with E-state index in [0.29, 0.717) is 0 Å². The molecule has 0 amide bonds. The molecule has 1 nitrogen and oxygen atoms in total. The largest absolute Gasteiger partial charge is 0.334 e. The Bertz CT molecular complexity index is 201. The summed E-state index contributed by atoms with van der Waals surface area (Å²) in [5.74, 6) is 0. The SMILES string of the molecule is C=C[Si](C)(F)C(=O)[Si](C)(F)C=C.